The molecule has 0 unspecified atom stereocenters. The second-order valence-electron chi connectivity index (χ2n) is 5.29. The van der Waals surface area contributed by atoms with Crippen LogP contribution in [0.15, 0.2) is 41.9 Å². The molecule has 1 heterocycles. The van der Waals surface area contributed by atoms with Crippen LogP contribution in [-0.4, -0.2) is 34.2 Å². The van der Waals surface area contributed by atoms with Gasteiger partial charge in [-0.2, -0.15) is 10.5 Å². The number of anilines is 1. The van der Waals surface area contributed by atoms with Crippen molar-refractivity contribution < 1.29 is 19.4 Å². The van der Waals surface area contributed by atoms with Gasteiger partial charge in [0.2, 0.25) is 5.78 Å². The molecule has 0 atom stereocenters. The summed E-state index contributed by atoms with van der Waals surface area (Å²) in [5.74, 6) is -2.58. The predicted octanol–water partition coefficient (Wildman–Crippen LogP) is 2.38. The lowest BCUT2D eigenvalue weighted by Gasteiger charge is -2.13. The van der Waals surface area contributed by atoms with Crippen molar-refractivity contribution in [3.05, 3.63) is 48.0 Å². The lowest BCUT2D eigenvalue weighted by molar-refractivity contribution is -0.147. The van der Waals surface area contributed by atoms with Crippen LogP contribution in [0.4, 0.5) is 5.82 Å². The van der Waals surface area contributed by atoms with Gasteiger partial charge in [0, 0.05) is 5.56 Å². The number of hydrogen-bond donors (Lipinski definition) is 2. The first-order chi connectivity index (χ1) is 13.4. The molecule has 0 aliphatic carbocycles. The fraction of sp³-hybridized carbons (Fsp3) is 0.105. The third kappa shape index (κ3) is 4.47. The zero-order valence-corrected chi connectivity index (χ0v) is 15.3. The fourth-order valence-electron chi connectivity index (χ4n) is 2.26. The van der Waals surface area contributed by atoms with E-state index in [-0.39, 0.29) is 27.5 Å². The van der Waals surface area contributed by atoms with Crippen LogP contribution in [0.25, 0.3) is 11.1 Å². The van der Waals surface area contributed by atoms with Gasteiger partial charge in [0.1, 0.15) is 40.9 Å². The van der Waals surface area contributed by atoms with E-state index in [0.29, 0.717) is 17.9 Å². The Morgan fingerprint density at radius 1 is 1.25 bits per heavy atom. The number of carboxylic acid groups (broad SMARTS) is 1. The van der Waals surface area contributed by atoms with Crippen molar-refractivity contribution >= 4 is 29.3 Å². The summed E-state index contributed by atoms with van der Waals surface area (Å²) < 4.78 is 5.41. The first kappa shape index (κ1) is 20.5. The number of nitriles is 2. The Kier molecular flexibility index (Phi) is 6.74. The number of ketones is 1. The maximum Gasteiger partial charge on any atom is 0.373 e. The lowest BCUT2D eigenvalue weighted by Crippen LogP contribution is -2.15. The molecule has 0 spiro atoms. The number of carbonyl (C=O) groups excluding carboxylic acids is 1. The molecule has 1 aromatic heterocycles. The van der Waals surface area contributed by atoms with Crippen LogP contribution < -0.4 is 10.5 Å². The minimum Gasteiger partial charge on any atom is -0.490 e. The van der Waals surface area contributed by atoms with Crippen molar-refractivity contribution in [2.75, 3.05) is 18.1 Å². The number of aromatic nitrogens is 1. The maximum atomic E-state index is 11.4. The van der Waals surface area contributed by atoms with E-state index in [9.17, 15) is 20.1 Å². The third-order valence-electron chi connectivity index (χ3n) is 3.50. The number of pyridine rings is 1. The summed E-state index contributed by atoms with van der Waals surface area (Å²) in [6.45, 7) is 3.89. The van der Waals surface area contributed by atoms with Gasteiger partial charge in [0.15, 0.2) is 0 Å². The number of benzene rings is 1. The van der Waals surface area contributed by atoms with Gasteiger partial charge >= 0.3 is 5.97 Å². The highest BCUT2D eigenvalue weighted by Gasteiger charge is 2.22. The Morgan fingerprint density at radius 3 is 2.43 bits per heavy atom. The minimum atomic E-state index is -1.58. The van der Waals surface area contributed by atoms with Crippen LogP contribution in [0.5, 0.6) is 5.75 Å². The number of carboxylic acids is 1. The normalized spacial score (nSPS) is 9.79. The van der Waals surface area contributed by atoms with Gasteiger partial charge in [-0.1, -0.05) is 36.5 Å². The average Bonchev–Trinajstić information content (AvgIpc) is 2.70. The molecule has 140 valence electrons. The number of nitrogens with zero attached hydrogens (tertiary/aromatic N) is 3. The van der Waals surface area contributed by atoms with Crippen LogP contribution in [0, 0.1) is 22.7 Å². The lowest BCUT2D eigenvalue weighted by atomic mass is 9.97. The van der Waals surface area contributed by atoms with Gasteiger partial charge in [-0.05, 0) is 17.7 Å². The molecule has 0 aliphatic rings. The summed E-state index contributed by atoms with van der Waals surface area (Å²) in [7, 11) is 0. The van der Waals surface area contributed by atoms with Crippen LogP contribution in [0.2, 0.25) is 0 Å². The van der Waals surface area contributed by atoms with Gasteiger partial charge in [-0.15, -0.1) is 0 Å². The minimum absolute atomic E-state index is 0.0187. The summed E-state index contributed by atoms with van der Waals surface area (Å²) in [5.41, 5.74) is 6.71. The zero-order valence-electron chi connectivity index (χ0n) is 14.5. The Balaban J connectivity index is 2.54. The topological polar surface area (TPSA) is 150 Å². The Morgan fingerprint density at radius 2 is 1.89 bits per heavy atom. The van der Waals surface area contributed by atoms with Gasteiger partial charge < -0.3 is 15.6 Å². The van der Waals surface area contributed by atoms with Crippen LogP contribution in [0.3, 0.4) is 0 Å². The quantitative estimate of drug-likeness (QED) is 0.390. The molecule has 0 saturated carbocycles. The number of thioether (sulfide) groups is 1. The SMILES string of the molecule is C=CCOc1ccc(-c2c(C#N)c(N)nc(SCC(=O)C(=O)O)c2C#N)cc1. The number of Topliss-reactive ketones (excluding diaryl/α,β-unsaturated/α-hetero) is 1. The molecule has 1 aromatic carbocycles. The first-order valence-electron chi connectivity index (χ1n) is 7.79. The number of carbonyl (C=O) groups is 2. The number of ether oxygens (including phenoxy) is 1. The second-order valence-corrected chi connectivity index (χ2v) is 6.26. The molecule has 8 nitrogen and oxygen atoms in total. The molecule has 3 N–H and O–H groups in total. The van der Waals surface area contributed by atoms with E-state index >= 15 is 0 Å². The molecular weight excluding hydrogens is 380 g/mol. The predicted molar refractivity (Wildman–Crippen MR) is 103 cm³/mol. The van der Waals surface area contributed by atoms with E-state index < -0.39 is 17.5 Å². The smallest absolute Gasteiger partial charge is 0.373 e. The van der Waals surface area contributed by atoms with Crippen molar-refractivity contribution in [3.63, 3.8) is 0 Å². The van der Waals surface area contributed by atoms with Crippen LogP contribution in [0.1, 0.15) is 11.1 Å². The van der Waals surface area contributed by atoms with Gasteiger partial charge in [0.25, 0.3) is 0 Å². The highest BCUT2D eigenvalue weighted by atomic mass is 32.2. The molecule has 0 amide bonds. The van der Waals surface area contributed by atoms with Crippen molar-refractivity contribution in [1.82, 2.24) is 4.98 Å². The summed E-state index contributed by atoms with van der Waals surface area (Å²) in [4.78, 5) is 26.1. The van der Waals surface area contributed by atoms with Gasteiger partial charge in [-0.25, -0.2) is 9.78 Å². The van der Waals surface area contributed by atoms with Crippen molar-refractivity contribution in [2.24, 2.45) is 0 Å². The molecule has 0 bridgehead atoms. The molecule has 9 heteroatoms. The van der Waals surface area contributed by atoms with Crippen LogP contribution >= 0.6 is 11.8 Å². The molecule has 0 fully saturated rings. The second kappa shape index (κ2) is 9.21. The van der Waals surface area contributed by atoms with Gasteiger partial charge in [0.05, 0.1) is 11.3 Å². The van der Waals surface area contributed by atoms with Crippen molar-refractivity contribution in [3.8, 4) is 29.0 Å². The van der Waals surface area contributed by atoms with Crippen molar-refractivity contribution in [1.29, 1.82) is 10.5 Å². The Bertz CT molecular complexity index is 1020. The van der Waals surface area contributed by atoms with E-state index in [0.717, 1.165) is 11.8 Å². The molecule has 0 aliphatic heterocycles. The summed E-state index contributed by atoms with van der Waals surface area (Å²) in [5, 5.41) is 27.9. The zero-order chi connectivity index (χ0) is 20.7. The number of nitrogen functional groups attached to an aromatic ring is 1. The molecule has 2 rings (SSSR count). The summed E-state index contributed by atoms with van der Waals surface area (Å²) >= 11 is 0.775. The van der Waals surface area contributed by atoms with Crippen molar-refractivity contribution in [2.45, 2.75) is 5.03 Å². The van der Waals surface area contributed by atoms with E-state index in [1.165, 1.54) is 0 Å². The highest BCUT2D eigenvalue weighted by molar-refractivity contribution is 8.00. The molecule has 0 saturated heterocycles. The van der Waals surface area contributed by atoms with E-state index in [1.54, 1.807) is 30.3 Å². The van der Waals surface area contributed by atoms with E-state index in [4.69, 9.17) is 15.6 Å². The largest absolute Gasteiger partial charge is 0.490 e. The monoisotopic (exact) mass is 394 g/mol. The third-order valence-corrected chi connectivity index (χ3v) is 4.48. The Hall–Kier alpha value is -3.82. The molecule has 0 radical (unpaired) electrons. The fourth-order valence-corrected chi connectivity index (χ4v) is 3.11. The maximum absolute atomic E-state index is 11.4. The van der Waals surface area contributed by atoms with E-state index in [1.807, 2.05) is 12.1 Å². The molecular formula is C19H14N4O4S. The Labute approximate surface area is 164 Å². The van der Waals surface area contributed by atoms with Crippen LogP contribution in [-0.2, 0) is 9.59 Å². The number of hydrogen-bond acceptors (Lipinski definition) is 8. The number of aliphatic carboxylic acids is 1. The molecule has 28 heavy (non-hydrogen) atoms. The average molecular weight is 394 g/mol. The molecule has 2 aromatic rings. The highest BCUT2D eigenvalue weighted by Crippen LogP contribution is 2.36. The number of rotatable bonds is 8. The number of nitrogens with two attached hydrogens (primary N) is 1. The summed E-state index contributed by atoms with van der Waals surface area (Å²) in [6, 6.07) is 10.6. The first-order valence-corrected chi connectivity index (χ1v) is 8.78. The summed E-state index contributed by atoms with van der Waals surface area (Å²) in [6.07, 6.45) is 1.60. The standard InChI is InChI=1S/C19H14N4O4S/c1-2-7-27-12-5-3-11(4-6-12)16-13(8-20)17(22)23-18(14(16)9-21)28-10-15(24)19(25)26/h2-6H,1,7,10H2,(H2,22,23)(H,25,26). The van der Waals surface area contributed by atoms with Gasteiger partial charge in [-0.3, -0.25) is 4.79 Å². The van der Waals surface area contributed by atoms with E-state index in [2.05, 4.69) is 11.6 Å².